The second-order valence-corrected chi connectivity index (χ2v) is 10.1. The lowest BCUT2D eigenvalue weighted by Crippen LogP contribution is -2.56. The summed E-state index contributed by atoms with van der Waals surface area (Å²) in [5, 5.41) is 17.3. The van der Waals surface area contributed by atoms with Gasteiger partial charge in [-0.2, -0.15) is 5.21 Å². The summed E-state index contributed by atoms with van der Waals surface area (Å²) in [6.45, 7) is 6.14. The number of H-pyrrole nitrogens is 1. The molecule has 0 aliphatic heterocycles. The van der Waals surface area contributed by atoms with Crippen molar-refractivity contribution in [2.75, 3.05) is 6.54 Å². The number of nitrogens with two attached hydrogens (primary N) is 1. The molecule has 3 aromatic carbocycles. The van der Waals surface area contributed by atoms with Crippen molar-refractivity contribution in [3.63, 3.8) is 0 Å². The number of benzene rings is 3. The van der Waals surface area contributed by atoms with Crippen molar-refractivity contribution in [2.45, 2.75) is 51.7 Å². The lowest BCUT2D eigenvalue weighted by Gasteiger charge is -2.29. The van der Waals surface area contributed by atoms with E-state index in [-0.39, 0.29) is 11.8 Å². The minimum Gasteiger partial charge on any atom is -0.343 e. The molecule has 0 bridgehead atoms. The number of likely N-dealkylation sites (N-methyl/N-ethyl adjacent to an activating group) is 1. The molecule has 4 N–H and O–H groups in total. The molecule has 0 aliphatic carbocycles. The molecule has 39 heavy (non-hydrogen) atoms. The largest absolute Gasteiger partial charge is 0.343 e. The normalized spacial score (nSPS) is 12.1. The van der Waals surface area contributed by atoms with Crippen LogP contribution in [0.3, 0.4) is 0 Å². The van der Waals surface area contributed by atoms with Gasteiger partial charge in [-0.3, -0.25) is 9.59 Å². The molecule has 2 amide bonds. The van der Waals surface area contributed by atoms with E-state index in [1.165, 1.54) is 0 Å². The number of nitrogens with one attached hydrogen (secondary N) is 2. The van der Waals surface area contributed by atoms with Gasteiger partial charge in [-0.15, -0.1) is 10.2 Å². The molecular weight excluding hydrogens is 490 g/mol. The Balaban J connectivity index is 1.50. The molecule has 0 saturated carbocycles. The van der Waals surface area contributed by atoms with E-state index in [0.717, 1.165) is 27.8 Å². The second kappa shape index (κ2) is 12.4. The molecule has 9 nitrogen and oxygen atoms in total. The predicted molar refractivity (Wildman–Crippen MR) is 151 cm³/mol. The van der Waals surface area contributed by atoms with Crippen molar-refractivity contribution in [3.05, 3.63) is 90.0 Å². The van der Waals surface area contributed by atoms with Crippen LogP contribution in [0.1, 0.15) is 38.3 Å². The molecule has 0 fully saturated rings. The van der Waals surface area contributed by atoms with E-state index in [2.05, 4.69) is 25.9 Å². The fourth-order valence-corrected chi connectivity index (χ4v) is 4.34. The number of rotatable bonds is 11. The van der Waals surface area contributed by atoms with Crippen LogP contribution in [-0.2, 0) is 22.6 Å². The van der Waals surface area contributed by atoms with Gasteiger partial charge in [-0.1, -0.05) is 78.9 Å². The predicted octanol–water partition coefficient (Wildman–Crippen LogP) is 3.74. The Morgan fingerprint density at radius 1 is 0.949 bits per heavy atom. The summed E-state index contributed by atoms with van der Waals surface area (Å²) in [5.74, 6) is 0.0498. The number of carbonyl (C=O) groups excluding carboxylic acids is 2. The molecule has 0 spiro atoms. The number of tetrazole rings is 1. The summed E-state index contributed by atoms with van der Waals surface area (Å²) in [6, 6.07) is 25.2. The van der Waals surface area contributed by atoms with Crippen LogP contribution in [0.25, 0.3) is 22.5 Å². The first-order chi connectivity index (χ1) is 18.8. The summed E-state index contributed by atoms with van der Waals surface area (Å²) >= 11 is 0. The van der Waals surface area contributed by atoms with Crippen LogP contribution < -0.4 is 11.1 Å². The lowest BCUT2D eigenvalue weighted by atomic mass is 9.98. The van der Waals surface area contributed by atoms with E-state index < -0.39 is 11.6 Å². The highest BCUT2D eigenvalue weighted by molar-refractivity contribution is 5.91. The summed E-state index contributed by atoms with van der Waals surface area (Å²) in [6.07, 6.45) is 1.14. The highest BCUT2D eigenvalue weighted by atomic mass is 16.2. The fourth-order valence-electron chi connectivity index (χ4n) is 4.34. The number of aryl methyl sites for hydroxylation is 1. The fraction of sp³-hybridized carbons (Fsp3) is 0.300. The summed E-state index contributed by atoms with van der Waals surface area (Å²) in [5.41, 5.74) is 9.90. The summed E-state index contributed by atoms with van der Waals surface area (Å²) in [4.78, 5) is 28.2. The molecular formula is C30H35N7O2. The SMILES string of the molecule is CCN(Cc1ccc(-c2ccccc2-c2nn[nH]n2)cc1)C(=O)[C@@H](CCc1ccccc1)NC(=O)C(C)(C)N. The number of amides is 2. The highest BCUT2D eigenvalue weighted by Gasteiger charge is 2.30. The molecule has 202 valence electrons. The third kappa shape index (κ3) is 7.14. The van der Waals surface area contributed by atoms with Gasteiger partial charge < -0.3 is 16.0 Å². The average Bonchev–Trinajstić information content (AvgIpc) is 3.49. The first-order valence-corrected chi connectivity index (χ1v) is 13.1. The van der Waals surface area contributed by atoms with Crippen LogP contribution >= 0.6 is 0 Å². The summed E-state index contributed by atoms with van der Waals surface area (Å²) in [7, 11) is 0. The topological polar surface area (TPSA) is 130 Å². The van der Waals surface area contributed by atoms with Crippen molar-refractivity contribution < 1.29 is 9.59 Å². The zero-order valence-electron chi connectivity index (χ0n) is 22.6. The zero-order valence-corrected chi connectivity index (χ0v) is 22.6. The molecule has 1 heterocycles. The third-order valence-corrected chi connectivity index (χ3v) is 6.60. The van der Waals surface area contributed by atoms with Gasteiger partial charge in [0.2, 0.25) is 17.6 Å². The Labute approximate surface area is 228 Å². The molecule has 4 rings (SSSR count). The van der Waals surface area contributed by atoms with Crippen molar-refractivity contribution in [1.29, 1.82) is 0 Å². The third-order valence-electron chi connectivity index (χ3n) is 6.60. The minimum atomic E-state index is -1.09. The first-order valence-electron chi connectivity index (χ1n) is 13.1. The van der Waals surface area contributed by atoms with Gasteiger partial charge in [0.05, 0.1) is 5.54 Å². The lowest BCUT2D eigenvalue weighted by molar-refractivity contribution is -0.138. The van der Waals surface area contributed by atoms with Crippen LogP contribution in [0.4, 0.5) is 0 Å². The monoisotopic (exact) mass is 525 g/mol. The Morgan fingerprint density at radius 3 is 2.23 bits per heavy atom. The zero-order chi connectivity index (χ0) is 27.8. The van der Waals surface area contributed by atoms with Crippen molar-refractivity contribution in [3.8, 4) is 22.5 Å². The van der Waals surface area contributed by atoms with E-state index in [9.17, 15) is 9.59 Å². The molecule has 0 unspecified atom stereocenters. The Hall–Kier alpha value is -4.37. The molecule has 9 heteroatoms. The van der Waals surface area contributed by atoms with Crippen LogP contribution in [0.15, 0.2) is 78.9 Å². The van der Waals surface area contributed by atoms with E-state index >= 15 is 0 Å². The van der Waals surface area contributed by atoms with Crippen LogP contribution in [0, 0.1) is 0 Å². The number of hydrogen-bond acceptors (Lipinski definition) is 6. The van der Waals surface area contributed by atoms with Crippen LogP contribution in [0.5, 0.6) is 0 Å². The maximum atomic E-state index is 13.7. The van der Waals surface area contributed by atoms with Gasteiger partial charge in [-0.05, 0) is 61.1 Å². The quantitative estimate of drug-likeness (QED) is 0.274. The van der Waals surface area contributed by atoms with Crippen molar-refractivity contribution in [2.24, 2.45) is 5.73 Å². The van der Waals surface area contributed by atoms with Crippen molar-refractivity contribution >= 4 is 11.8 Å². The number of aromatic nitrogens is 4. The Kier molecular flexibility index (Phi) is 8.83. The standard InChI is InChI=1S/C30H35N7O2/c1-4-37(28(38)26(32-29(39)30(2,3)31)19-16-21-10-6-5-7-11-21)20-22-14-17-23(18-15-22)24-12-8-9-13-25(24)27-33-35-36-34-27/h5-15,17-18,26H,4,16,19-20,31H2,1-3H3,(H,32,39)(H,33,34,35,36)/t26-/m1/s1. The van der Waals surface area contributed by atoms with Gasteiger partial charge in [0.15, 0.2) is 0 Å². The maximum Gasteiger partial charge on any atom is 0.245 e. The number of nitrogens with zero attached hydrogens (tertiary/aromatic N) is 4. The smallest absolute Gasteiger partial charge is 0.245 e. The van der Waals surface area contributed by atoms with E-state index in [1.807, 2.05) is 85.8 Å². The first kappa shape index (κ1) is 27.7. The van der Waals surface area contributed by atoms with Gasteiger partial charge in [0.1, 0.15) is 6.04 Å². The van der Waals surface area contributed by atoms with Gasteiger partial charge >= 0.3 is 0 Å². The maximum absolute atomic E-state index is 13.7. The van der Waals surface area contributed by atoms with Crippen molar-refractivity contribution in [1.82, 2.24) is 30.8 Å². The summed E-state index contributed by atoms with van der Waals surface area (Å²) < 4.78 is 0. The number of aromatic amines is 1. The van der Waals surface area contributed by atoms with Crippen LogP contribution in [0.2, 0.25) is 0 Å². The van der Waals surface area contributed by atoms with Crippen LogP contribution in [-0.4, -0.2) is 55.5 Å². The van der Waals surface area contributed by atoms with Gasteiger partial charge in [-0.25, -0.2) is 0 Å². The second-order valence-electron chi connectivity index (χ2n) is 10.1. The average molecular weight is 526 g/mol. The number of hydrogen-bond donors (Lipinski definition) is 3. The molecule has 4 aromatic rings. The van der Waals surface area contributed by atoms with E-state index in [1.54, 1.807) is 18.7 Å². The highest BCUT2D eigenvalue weighted by Crippen LogP contribution is 2.30. The number of carbonyl (C=O) groups is 2. The molecule has 1 aromatic heterocycles. The Morgan fingerprint density at radius 2 is 1.62 bits per heavy atom. The van der Waals surface area contributed by atoms with E-state index in [4.69, 9.17) is 5.73 Å². The minimum absolute atomic E-state index is 0.127. The molecule has 0 radical (unpaired) electrons. The van der Waals surface area contributed by atoms with Gasteiger partial charge in [0.25, 0.3) is 0 Å². The molecule has 0 saturated heterocycles. The van der Waals surface area contributed by atoms with E-state index in [0.29, 0.717) is 31.8 Å². The van der Waals surface area contributed by atoms with Gasteiger partial charge in [0, 0.05) is 18.7 Å². The molecule has 1 atom stereocenters. The molecule has 0 aliphatic rings. The Bertz CT molecular complexity index is 1360.